The molecule has 0 aliphatic heterocycles. The van der Waals surface area contributed by atoms with Crippen LogP contribution in [-0.2, 0) is 6.42 Å². The average Bonchev–Trinajstić information content (AvgIpc) is 2.68. The van der Waals surface area contributed by atoms with E-state index in [4.69, 9.17) is 0 Å². The predicted octanol–water partition coefficient (Wildman–Crippen LogP) is 0.903. The summed E-state index contributed by atoms with van der Waals surface area (Å²) in [6.07, 6.45) is 3.16. The molecule has 8 heteroatoms. The van der Waals surface area contributed by atoms with Crippen LogP contribution < -0.4 is 16.4 Å². The number of nitrogens with zero attached hydrogens (tertiary/aromatic N) is 3. The summed E-state index contributed by atoms with van der Waals surface area (Å²) in [4.78, 5) is 48.0. The maximum Gasteiger partial charge on any atom is 0.270 e. The molecule has 4 rings (SSSR count). The van der Waals surface area contributed by atoms with Gasteiger partial charge in [-0.1, -0.05) is 18.2 Å². The van der Waals surface area contributed by atoms with Gasteiger partial charge in [0.05, 0.1) is 10.9 Å². The van der Waals surface area contributed by atoms with Gasteiger partial charge < -0.3 is 10.3 Å². The van der Waals surface area contributed by atoms with E-state index in [1.165, 1.54) is 10.6 Å². The third-order valence-corrected chi connectivity index (χ3v) is 4.17. The zero-order chi connectivity index (χ0) is 18.8. The molecule has 0 spiro atoms. The van der Waals surface area contributed by atoms with Crippen LogP contribution >= 0.6 is 0 Å². The Balaban J connectivity index is 1.50. The van der Waals surface area contributed by atoms with E-state index >= 15 is 0 Å². The van der Waals surface area contributed by atoms with Crippen LogP contribution in [0.15, 0.2) is 64.4 Å². The predicted molar refractivity (Wildman–Crippen MR) is 99.9 cm³/mol. The van der Waals surface area contributed by atoms with Crippen molar-refractivity contribution in [3.05, 3.63) is 87.0 Å². The molecule has 1 amide bonds. The van der Waals surface area contributed by atoms with E-state index in [9.17, 15) is 14.4 Å². The maximum absolute atomic E-state index is 12.4. The Morgan fingerprint density at radius 2 is 1.93 bits per heavy atom. The number of pyridine rings is 1. The second-order valence-corrected chi connectivity index (χ2v) is 5.94. The van der Waals surface area contributed by atoms with Crippen LogP contribution in [0.25, 0.3) is 16.6 Å². The maximum atomic E-state index is 12.4. The zero-order valence-corrected chi connectivity index (χ0v) is 14.2. The normalized spacial score (nSPS) is 11.0. The fourth-order valence-corrected chi connectivity index (χ4v) is 2.83. The number of aromatic amines is 1. The monoisotopic (exact) mass is 361 g/mol. The summed E-state index contributed by atoms with van der Waals surface area (Å²) >= 11 is 0. The molecule has 3 aromatic heterocycles. The van der Waals surface area contributed by atoms with E-state index in [1.54, 1.807) is 48.7 Å². The third-order valence-electron chi connectivity index (χ3n) is 4.17. The lowest BCUT2D eigenvalue weighted by atomic mass is 10.2. The molecule has 0 atom stereocenters. The molecule has 0 bridgehead atoms. The molecular formula is C19H15N5O3. The van der Waals surface area contributed by atoms with Gasteiger partial charge in [0.25, 0.3) is 17.0 Å². The van der Waals surface area contributed by atoms with Crippen LogP contribution in [0.3, 0.4) is 0 Å². The van der Waals surface area contributed by atoms with Gasteiger partial charge in [-0.05, 0) is 24.3 Å². The number of para-hydroxylation sites is 1. The fourth-order valence-electron chi connectivity index (χ4n) is 2.83. The molecule has 3 heterocycles. The number of H-pyrrole nitrogens is 1. The van der Waals surface area contributed by atoms with Crippen molar-refractivity contribution in [2.75, 3.05) is 6.54 Å². The smallest absolute Gasteiger partial charge is 0.270 e. The molecule has 0 unspecified atom stereocenters. The number of benzene rings is 1. The minimum absolute atomic E-state index is 0.0429. The average molecular weight is 361 g/mol. The first-order chi connectivity index (χ1) is 13.1. The topological polar surface area (TPSA) is 109 Å². The number of amides is 1. The third kappa shape index (κ3) is 3.20. The number of hydrogen-bond donors (Lipinski definition) is 2. The minimum atomic E-state index is -0.520. The number of fused-ring (bicyclic) bond motifs is 2. The van der Waals surface area contributed by atoms with Crippen LogP contribution in [0.2, 0.25) is 0 Å². The zero-order valence-electron chi connectivity index (χ0n) is 14.2. The number of carbonyl (C=O) groups is 1. The number of aromatic nitrogens is 4. The van der Waals surface area contributed by atoms with Gasteiger partial charge in [-0.3, -0.25) is 18.8 Å². The number of nitrogens with one attached hydrogen (secondary N) is 2. The highest BCUT2D eigenvalue weighted by Gasteiger charge is 2.13. The first kappa shape index (κ1) is 16.6. The summed E-state index contributed by atoms with van der Waals surface area (Å²) in [7, 11) is 0. The molecule has 0 fully saturated rings. The molecule has 4 aromatic rings. The lowest BCUT2D eigenvalue weighted by molar-refractivity contribution is 0.0952. The van der Waals surface area contributed by atoms with Crippen molar-refractivity contribution in [3.8, 4) is 0 Å². The lowest BCUT2D eigenvalue weighted by Gasteiger charge is -2.06. The SMILES string of the molecule is O=C(NCCc1nc2ccccc2c(=O)[nH]1)c1cnc2ccccn2c1=O. The summed E-state index contributed by atoms with van der Waals surface area (Å²) < 4.78 is 1.32. The molecule has 0 saturated carbocycles. The van der Waals surface area contributed by atoms with E-state index < -0.39 is 11.5 Å². The van der Waals surface area contributed by atoms with Crippen LogP contribution in [0, 0.1) is 0 Å². The van der Waals surface area contributed by atoms with Crippen molar-refractivity contribution in [1.29, 1.82) is 0 Å². The summed E-state index contributed by atoms with van der Waals surface area (Å²) in [5.41, 5.74) is 0.365. The molecule has 8 nitrogen and oxygen atoms in total. The Labute approximate surface area is 152 Å². The molecule has 27 heavy (non-hydrogen) atoms. The highest BCUT2D eigenvalue weighted by atomic mass is 16.2. The van der Waals surface area contributed by atoms with E-state index in [0.717, 1.165) is 0 Å². The number of rotatable bonds is 4. The number of carbonyl (C=O) groups excluding carboxylic acids is 1. The molecule has 0 saturated heterocycles. The van der Waals surface area contributed by atoms with Gasteiger partial charge in [0, 0.05) is 25.4 Å². The van der Waals surface area contributed by atoms with Crippen LogP contribution in [0.4, 0.5) is 0 Å². The van der Waals surface area contributed by atoms with Crippen molar-refractivity contribution in [2.24, 2.45) is 0 Å². The first-order valence-electron chi connectivity index (χ1n) is 8.36. The van der Waals surface area contributed by atoms with E-state index in [2.05, 4.69) is 20.3 Å². The van der Waals surface area contributed by atoms with Crippen molar-refractivity contribution in [3.63, 3.8) is 0 Å². The first-order valence-corrected chi connectivity index (χ1v) is 8.36. The van der Waals surface area contributed by atoms with Gasteiger partial charge in [-0.15, -0.1) is 0 Å². The second-order valence-electron chi connectivity index (χ2n) is 5.94. The van der Waals surface area contributed by atoms with Gasteiger partial charge in [0.2, 0.25) is 0 Å². The van der Waals surface area contributed by atoms with Crippen molar-refractivity contribution >= 4 is 22.5 Å². The van der Waals surface area contributed by atoms with Crippen molar-refractivity contribution < 1.29 is 4.79 Å². The Kier molecular flexibility index (Phi) is 4.21. The van der Waals surface area contributed by atoms with Gasteiger partial charge in [0.15, 0.2) is 0 Å². The minimum Gasteiger partial charge on any atom is -0.351 e. The van der Waals surface area contributed by atoms with Crippen molar-refractivity contribution in [1.82, 2.24) is 24.7 Å². The summed E-state index contributed by atoms with van der Waals surface area (Å²) in [5, 5.41) is 3.18. The quantitative estimate of drug-likeness (QED) is 0.561. The highest BCUT2D eigenvalue weighted by Crippen LogP contribution is 2.05. The Morgan fingerprint density at radius 1 is 1.11 bits per heavy atom. The van der Waals surface area contributed by atoms with Crippen LogP contribution in [0.1, 0.15) is 16.2 Å². The Hall–Kier alpha value is -3.81. The summed E-state index contributed by atoms with van der Waals surface area (Å²) in [6, 6.07) is 12.2. The molecule has 0 aliphatic rings. The summed E-state index contributed by atoms with van der Waals surface area (Å²) in [6.45, 7) is 0.219. The Morgan fingerprint density at radius 3 is 2.81 bits per heavy atom. The fraction of sp³-hybridized carbons (Fsp3) is 0.105. The van der Waals surface area contributed by atoms with Gasteiger partial charge in [0.1, 0.15) is 17.0 Å². The van der Waals surface area contributed by atoms with E-state index in [1.807, 2.05) is 0 Å². The van der Waals surface area contributed by atoms with Gasteiger partial charge >= 0.3 is 0 Å². The largest absolute Gasteiger partial charge is 0.351 e. The highest BCUT2D eigenvalue weighted by molar-refractivity contribution is 5.93. The number of hydrogen-bond acceptors (Lipinski definition) is 5. The van der Waals surface area contributed by atoms with Gasteiger partial charge in [-0.2, -0.15) is 0 Å². The second kappa shape index (κ2) is 6.83. The molecule has 0 aliphatic carbocycles. The molecule has 1 aromatic carbocycles. The van der Waals surface area contributed by atoms with E-state index in [-0.39, 0.29) is 17.7 Å². The van der Waals surface area contributed by atoms with Gasteiger partial charge in [-0.25, -0.2) is 9.97 Å². The van der Waals surface area contributed by atoms with Crippen LogP contribution in [0.5, 0.6) is 0 Å². The lowest BCUT2D eigenvalue weighted by Crippen LogP contribution is -2.33. The molecule has 134 valence electrons. The molecule has 0 radical (unpaired) electrons. The standard InChI is InChI=1S/C19H15N5O3/c25-17(13-11-21-16-7-3-4-10-24(16)19(13)27)20-9-8-15-22-14-6-2-1-5-12(14)18(26)23-15/h1-7,10-11H,8-9H2,(H,20,25)(H,22,23,26). The molecule has 2 N–H and O–H groups in total. The van der Waals surface area contributed by atoms with Crippen molar-refractivity contribution in [2.45, 2.75) is 6.42 Å². The summed E-state index contributed by atoms with van der Waals surface area (Å²) in [5.74, 6) is -0.0544. The Bertz CT molecular complexity index is 1280. The van der Waals surface area contributed by atoms with E-state index in [0.29, 0.717) is 28.8 Å². The molecular weight excluding hydrogens is 346 g/mol. The van der Waals surface area contributed by atoms with Crippen LogP contribution in [-0.4, -0.2) is 31.8 Å².